The molecule has 0 aliphatic heterocycles. The van der Waals surface area contributed by atoms with Gasteiger partial charge >= 0.3 is 5.97 Å². The van der Waals surface area contributed by atoms with Crippen molar-refractivity contribution in [2.24, 2.45) is 5.92 Å². The van der Waals surface area contributed by atoms with Gasteiger partial charge in [-0.25, -0.2) is 0 Å². The van der Waals surface area contributed by atoms with Gasteiger partial charge in [0.25, 0.3) is 0 Å². The molecule has 0 spiro atoms. The molecule has 1 unspecified atom stereocenters. The molecule has 4 rings (SSSR count). The van der Waals surface area contributed by atoms with Gasteiger partial charge < -0.3 is 19.5 Å². The minimum absolute atomic E-state index is 0.0642. The number of hydrogen-bond donors (Lipinski definition) is 1. The number of allylic oxidation sites excluding steroid dienone is 1. The molecule has 1 saturated carbocycles. The molecule has 1 aliphatic rings. The van der Waals surface area contributed by atoms with Crippen LogP contribution in [0.2, 0.25) is 0 Å². The Balaban J connectivity index is 1.60. The van der Waals surface area contributed by atoms with Crippen molar-refractivity contribution in [2.45, 2.75) is 39.2 Å². The van der Waals surface area contributed by atoms with Crippen molar-refractivity contribution in [3.05, 3.63) is 95.6 Å². The lowest BCUT2D eigenvalue weighted by Gasteiger charge is -2.19. The Morgan fingerprint density at radius 1 is 0.892 bits per heavy atom. The van der Waals surface area contributed by atoms with Crippen LogP contribution in [0.3, 0.4) is 0 Å². The summed E-state index contributed by atoms with van der Waals surface area (Å²) in [7, 11) is 1.98. The van der Waals surface area contributed by atoms with Gasteiger partial charge in [0, 0.05) is 6.54 Å². The molecule has 1 N–H and O–H groups in total. The summed E-state index contributed by atoms with van der Waals surface area (Å²) >= 11 is 0. The molecule has 3 aromatic carbocycles. The van der Waals surface area contributed by atoms with Crippen LogP contribution in [0.25, 0.3) is 11.1 Å². The normalized spacial score (nSPS) is 14.7. The first-order valence-electron chi connectivity index (χ1n) is 13.2. The fraction of sp³-hybridized carbons (Fsp3) is 0.344. The van der Waals surface area contributed by atoms with Crippen LogP contribution in [-0.4, -0.2) is 48.8 Å². The highest BCUT2D eigenvalue weighted by Gasteiger charge is 2.31. The Hall–Kier alpha value is -3.41. The number of carbonyl (C=O) groups excluding carboxylic acids is 1. The van der Waals surface area contributed by atoms with Gasteiger partial charge in [0.1, 0.15) is 24.2 Å². The molecule has 1 aliphatic carbocycles. The summed E-state index contributed by atoms with van der Waals surface area (Å²) < 4.78 is 11.4. The molecule has 5 heteroatoms. The lowest BCUT2D eigenvalue weighted by molar-refractivity contribution is -0.135. The first kappa shape index (κ1) is 26.6. The van der Waals surface area contributed by atoms with Gasteiger partial charge in [-0.05, 0) is 85.0 Å². The molecular weight excluding hydrogens is 462 g/mol. The molecule has 3 aromatic rings. The summed E-state index contributed by atoms with van der Waals surface area (Å²) in [4.78, 5) is 14.1. The van der Waals surface area contributed by atoms with Gasteiger partial charge in [-0.3, -0.25) is 4.79 Å². The van der Waals surface area contributed by atoms with E-state index in [0.29, 0.717) is 12.3 Å². The summed E-state index contributed by atoms with van der Waals surface area (Å²) in [5.74, 6) is 1.23. The molecule has 0 radical (unpaired) electrons. The van der Waals surface area contributed by atoms with Crippen LogP contribution >= 0.6 is 0 Å². The Morgan fingerprint density at radius 3 is 2.03 bits per heavy atom. The highest BCUT2D eigenvalue weighted by atomic mass is 16.5. The van der Waals surface area contributed by atoms with Crippen molar-refractivity contribution in [3.8, 4) is 11.5 Å². The van der Waals surface area contributed by atoms with E-state index in [2.05, 4.69) is 55.1 Å². The zero-order valence-corrected chi connectivity index (χ0v) is 22.0. The first-order valence-corrected chi connectivity index (χ1v) is 13.2. The smallest absolute Gasteiger partial charge is 0.314 e. The Morgan fingerprint density at radius 2 is 1.49 bits per heavy atom. The minimum Gasteiger partial charge on any atom is -0.491 e. The van der Waals surface area contributed by atoms with Crippen molar-refractivity contribution in [1.82, 2.24) is 4.90 Å². The van der Waals surface area contributed by atoms with E-state index in [4.69, 9.17) is 9.47 Å². The quantitative estimate of drug-likeness (QED) is 0.186. The monoisotopic (exact) mass is 499 g/mol. The summed E-state index contributed by atoms with van der Waals surface area (Å²) in [5.41, 5.74) is 5.66. The third kappa shape index (κ3) is 7.31. The summed E-state index contributed by atoms with van der Waals surface area (Å²) in [5, 5.41) is 10.2. The van der Waals surface area contributed by atoms with Gasteiger partial charge in [-0.15, -0.1) is 0 Å². The Bertz CT molecular complexity index is 1180. The van der Waals surface area contributed by atoms with Crippen LogP contribution in [0.4, 0.5) is 0 Å². The molecule has 37 heavy (non-hydrogen) atoms. The van der Waals surface area contributed by atoms with Crippen molar-refractivity contribution < 1.29 is 19.4 Å². The predicted octanol–water partition coefficient (Wildman–Crippen LogP) is 6.06. The molecule has 194 valence electrons. The van der Waals surface area contributed by atoms with Crippen LogP contribution in [-0.2, 0) is 4.79 Å². The average molecular weight is 500 g/mol. The highest BCUT2D eigenvalue weighted by molar-refractivity contribution is 5.98. The van der Waals surface area contributed by atoms with Crippen LogP contribution in [0.15, 0.2) is 78.9 Å². The van der Waals surface area contributed by atoms with E-state index in [1.165, 1.54) is 11.1 Å². The zero-order valence-electron chi connectivity index (χ0n) is 22.0. The second kappa shape index (κ2) is 12.7. The zero-order chi connectivity index (χ0) is 26.2. The molecule has 0 aromatic heterocycles. The third-order valence-corrected chi connectivity index (χ3v) is 6.70. The van der Waals surface area contributed by atoms with Gasteiger partial charge in [0.05, 0.1) is 5.92 Å². The SMILES string of the molecule is CCC(=C(c1ccc(OCC(O)CN(C)CC)cc1)c1ccc(OC(=O)C2CC2)cc1)c1ccccc1. The number of carbonyl (C=O) groups is 1. The van der Waals surface area contributed by atoms with Gasteiger partial charge in [-0.1, -0.05) is 68.4 Å². The second-order valence-electron chi connectivity index (χ2n) is 9.64. The number of ether oxygens (including phenoxy) is 2. The van der Waals surface area contributed by atoms with E-state index in [0.717, 1.165) is 48.3 Å². The predicted molar refractivity (Wildman–Crippen MR) is 149 cm³/mol. The standard InChI is InChI=1S/C32H37NO4/c1-4-30(23-9-7-6-8-10-23)31(25-15-19-29(20-16-25)37-32(35)26-11-12-26)24-13-17-28(18-14-24)36-22-27(34)21-33(3)5-2/h6-10,13-20,26-27,34H,4-5,11-12,21-22H2,1-3H3. The number of aliphatic hydroxyl groups excluding tert-OH is 1. The topological polar surface area (TPSA) is 59.0 Å². The van der Waals surface area contributed by atoms with E-state index in [-0.39, 0.29) is 18.5 Å². The molecule has 0 saturated heterocycles. The molecular formula is C32H37NO4. The van der Waals surface area contributed by atoms with Crippen molar-refractivity contribution in [2.75, 3.05) is 26.7 Å². The maximum atomic E-state index is 12.1. The van der Waals surface area contributed by atoms with Crippen LogP contribution < -0.4 is 9.47 Å². The van der Waals surface area contributed by atoms with Crippen LogP contribution in [0, 0.1) is 5.92 Å². The van der Waals surface area contributed by atoms with Crippen molar-refractivity contribution >= 4 is 17.1 Å². The molecule has 0 amide bonds. The second-order valence-corrected chi connectivity index (χ2v) is 9.64. The van der Waals surface area contributed by atoms with E-state index in [1.807, 2.05) is 49.5 Å². The number of likely N-dealkylation sites (N-methyl/N-ethyl adjacent to an activating group) is 1. The molecule has 1 atom stereocenters. The third-order valence-electron chi connectivity index (χ3n) is 6.70. The maximum absolute atomic E-state index is 12.1. The van der Waals surface area contributed by atoms with Crippen molar-refractivity contribution in [3.63, 3.8) is 0 Å². The van der Waals surface area contributed by atoms with Gasteiger partial charge in [-0.2, -0.15) is 0 Å². The molecule has 5 nitrogen and oxygen atoms in total. The first-order chi connectivity index (χ1) is 18.0. The van der Waals surface area contributed by atoms with Gasteiger partial charge in [0.2, 0.25) is 0 Å². The molecule has 0 heterocycles. The number of benzene rings is 3. The van der Waals surface area contributed by atoms with Crippen LogP contribution in [0.5, 0.6) is 11.5 Å². The largest absolute Gasteiger partial charge is 0.491 e. The molecule has 1 fully saturated rings. The van der Waals surface area contributed by atoms with Crippen LogP contribution in [0.1, 0.15) is 49.8 Å². The van der Waals surface area contributed by atoms with Crippen molar-refractivity contribution in [1.29, 1.82) is 0 Å². The van der Waals surface area contributed by atoms with E-state index in [9.17, 15) is 9.90 Å². The highest BCUT2D eigenvalue weighted by Crippen LogP contribution is 2.36. The van der Waals surface area contributed by atoms with E-state index in [1.54, 1.807) is 0 Å². The Labute approximate surface area is 220 Å². The maximum Gasteiger partial charge on any atom is 0.314 e. The lowest BCUT2D eigenvalue weighted by atomic mass is 9.88. The number of rotatable bonds is 12. The number of esters is 1. The number of hydrogen-bond acceptors (Lipinski definition) is 5. The lowest BCUT2D eigenvalue weighted by Crippen LogP contribution is -2.32. The summed E-state index contributed by atoms with van der Waals surface area (Å²) in [6, 6.07) is 26.2. The average Bonchev–Trinajstić information content (AvgIpc) is 3.78. The van der Waals surface area contributed by atoms with Gasteiger partial charge in [0.15, 0.2) is 0 Å². The summed E-state index contributed by atoms with van der Waals surface area (Å²) in [6.45, 7) is 5.93. The minimum atomic E-state index is -0.544. The number of aliphatic hydroxyl groups is 1. The fourth-order valence-electron chi connectivity index (χ4n) is 4.34. The van der Waals surface area contributed by atoms with E-state index >= 15 is 0 Å². The Kier molecular flexibility index (Phi) is 9.15. The molecule has 0 bridgehead atoms. The fourth-order valence-corrected chi connectivity index (χ4v) is 4.34. The number of nitrogens with zero attached hydrogens (tertiary/aromatic N) is 1. The van der Waals surface area contributed by atoms with E-state index < -0.39 is 6.10 Å². The summed E-state index contributed by atoms with van der Waals surface area (Å²) in [6.07, 6.45) is 2.16.